The number of nitrogens with one attached hydrogen (secondary N) is 4. The summed E-state index contributed by atoms with van der Waals surface area (Å²) in [6, 6.07) is -0.704. The van der Waals surface area contributed by atoms with Crippen LogP contribution in [0.5, 0.6) is 0 Å². The number of esters is 2. The first-order valence-corrected chi connectivity index (χ1v) is 13.1. The predicted octanol–water partition coefficient (Wildman–Crippen LogP) is 1.35. The average molecular weight is 744 g/mol. The fourth-order valence-corrected chi connectivity index (χ4v) is 5.64. The van der Waals surface area contributed by atoms with E-state index in [1.165, 1.54) is 45.3 Å². The van der Waals surface area contributed by atoms with E-state index >= 15 is 0 Å². The molecule has 0 aliphatic heterocycles. The quantitative estimate of drug-likeness (QED) is 0.137. The highest BCUT2D eigenvalue weighted by atomic mass is 127. The van der Waals surface area contributed by atoms with E-state index in [9.17, 15) is 19.2 Å². The lowest BCUT2D eigenvalue weighted by Crippen LogP contribution is -2.44. The molecule has 0 unspecified atom stereocenters. The van der Waals surface area contributed by atoms with E-state index in [0.29, 0.717) is 24.1 Å². The van der Waals surface area contributed by atoms with Gasteiger partial charge in [0.05, 0.1) is 43.6 Å². The summed E-state index contributed by atoms with van der Waals surface area (Å²) in [7, 11) is 2.42. The van der Waals surface area contributed by atoms with Crippen molar-refractivity contribution in [3.63, 3.8) is 0 Å². The summed E-state index contributed by atoms with van der Waals surface area (Å²) in [4.78, 5) is 65.0. The second kappa shape index (κ2) is 13.4. The summed E-state index contributed by atoms with van der Waals surface area (Å²) in [5.74, 6) is -0.101. The van der Waals surface area contributed by atoms with Crippen LogP contribution in [0, 0.1) is 19.5 Å². The number of methoxy groups -OCH3 is 2. The molecule has 2 heterocycles. The topological polar surface area (TPSA) is 168 Å². The van der Waals surface area contributed by atoms with Crippen LogP contribution in [0.1, 0.15) is 37.7 Å². The van der Waals surface area contributed by atoms with Crippen LogP contribution in [0.15, 0.2) is 31.1 Å². The van der Waals surface area contributed by atoms with Gasteiger partial charge in [-0.1, -0.05) is 5.92 Å². The van der Waals surface area contributed by atoms with Crippen LogP contribution in [0.3, 0.4) is 0 Å². The number of carbonyl (C=O) groups excluding carboxylic acids is 4. The smallest absolute Gasteiger partial charge is 0.328 e. The van der Waals surface area contributed by atoms with Gasteiger partial charge in [0.15, 0.2) is 0 Å². The molecule has 0 spiro atoms. The third-order valence-electron chi connectivity index (χ3n) is 5.37. The van der Waals surface area contributed by atoms with E-state index in [2.05, 4.69) is 36.5 Å². The van der Waals surface area contributed by atoms with Gasteiger partial charge in [-0.05, 0) is 51.2 Å². The lowest BCUT2D eigenvalue weighted by atomic mass is 10.0. The number of imidazole rings is 2. The zero-order chi connectivity index (χ0) is 27.8. The van der Waals surface area contributed by atoms with Gasteiger partial charge in [0, 0.05) is 43.8 Å². The fraction of sp³-hybridized carbons (Fsp3) is 0.250. The van der Waals surface area contributed by atoms with Crippen LogP contribution >= 0.6 is 45.2 Å². The number of amides is 2. The normalized spacial score (nSPS) is 12.1. The maximum atomic E-state index is 13.3. The van der Waals surface area contributed by atoms with Crippen LogP contribution in [0.4, 0.5) is 0 Å². The van der Waals surface area contributed by atoms with Crippen LogP contribution in [-0.2, 0) is 31.9 Å². The highest BCUT2D eigenvalue weighted by Gasteiger charge is 2.29. The molecular formula is C24H22I2N6O6. The highest BCUT2D eigenvalue weighted by Crippen LogP contribution is 2.27. The van der Waals surface area contributed by atoms with E-state index in [4.69, 9.17) is 15.9 Å². The zero-order valence-electron chi connectivity index (χ0n) is 20.1. The van der Waals surface area contributed by atoms with Crippen molar-refractivity contribution in [2.75, 3.05) is 14.2 Å². The molecule has 38 heavy (non-hydrogen) atoms. The Morgan fingerprint density at radius 3 is 1.63 bits per heavy atom. The Balaban J connectivity index is 1.93. The van der Waals surface area contributed by atoms with Gasteiger partial charge in [-0.2, -0.15) is 0 Å². The van der Waals surface area contributed by atoms with Crippen LogP contribution in [0.25, 0.3) is 0 Å². The Morgan fingerprint density at radius 2 is 1.32 bits per heavy atom. The summed E-state index contributed by atoms with van der Waals surface area (Å²) < 4.78 is 10.5. The molecule has 14 heteroatoms. The number of H-pyrrole nitrogens is 2. The summed E-state index contributed by atoms with van der Waals surface area (Å²) in [6.07, 6.45) is 11.9. The molecule has 0 saturated heterocycles. The summed E-state index contributed by atoms with van der Waals surface area (Å²) in [5, 5.41) is 5.29. The highest BCUT2D eigenvalue weighted by molar-refractivity contribution is 14.1. The van der Waals surface area contributed by atoms with Crippen molar-refractivity contribution in [3.05, 3.63) is 66.3 Å². The number of ether oxygens (including phenoxy) is 2. The molecule has 1 aromatic carbocycles. The molecule has 2 amide bonds. The Bertz CT molecular complexity index is 1270. The van der Waals surface area contributed by atoms with Crippen molar-refractivity contribution in [2.24, 2.45) is 0 Å². The number of hydrogen-bond donors (Lipinski definition) is 4. The molecule has 2 aromatic heterocycles. The number of hydrogen-bond acceptors (Lipinski definition) is 8. The lowest BCUT2D eigenvalue weighted by molar-refractivity contribution is -0.143. The Hall–Kier alpha value is -3.46. The molecule has 0 radical (unpaired) electrons. The minimum atomic E-state index is -1.03. The van der Waals surface area contributed by atoms with Crippen molar-refractivity contribution in [1.29, 1.82) is 0 Å². The molecule has 3 rings (SSSR count). The lowest BCUT2D eigenvalue weighted by Gasteiger charge is -2.19. The van der Waals surface area contributed by atoms with E-state index in [1.54, 1.807) is 0 Å². The fourth-order valence-electron chi connectivity index (χ4n) is 3.47. The van der Waals surface area contributed by atoms with Crippen LogP contribution in [0.2, 0.25) is 0 Å². The monoisotopic (exact) mass is 744 g/mol. The summed E-state index contributed by atoms with van der Waals surface area (Å²) in [6.45, 7) is 0. The van der Waals surface area contributed by atoms with Gasteiger partial charge in [0.1, 0.15) is 12.1 Å². The maximum absolute atomic E-state index is 13.3. The SMILES string of the molecule is C#Cc1c(I)c(C(=O)N[C@@H](Cc2cnc[nH]2)C(=O)OC)cc(C(=O)N[C@H](Cc2cnc[nH]2)C(=O)OC)c1I. The van der Waals surface area contributed by atoms with Crippen molar-refractivity contribution >= 4 is 68.9 Å². The second-order valence-electron chi connectivity index (χ2n) is 7.78. The predicted molar refractivity (Wildman–Crippen MR) is 151 cm³/mol. The van der Waals surface area contributed by atoms with Crippen LogP contribution in [-0.4, -0.2) is 70.0 Å². The molecule has 0 saturated carbocycles. The zero-order valence-corrected chi connectivity index (χ0v) is 24.4. The van der Waals surface area contributed by atoms with Gasteiger partial charge in [-0.25, -0.2) is 19.6 Å². The minimum Gasteiger partial charge on any atom is -0.467 e. The molecule has 3 aromatic rings. The number of terminal acetylenes is 1. The largest absolute Gasteiger partial charge is 0.467 e. The first kappa shape index (κ1) is 29.1. The van der Waals surface area contributed by atoms with E-state index < -0.39 is 35.8 Å². The van der Waals surface area contributed by atoms with Crippen molar-refractivity contribution in [2.45, 2.75) is 24.9 Å². The molecule has 4 N–H and O–H groups in total. The molecule has 0 aliphatic carbocycles. The summed E-state index contributed by atoms with van der Waals surface area (Å²) in [5.41, 5.74) is 1.68. The van der Waals surface area contributed by atoms with Crippen molar-refractivity contribution in [3.8, 4) is 12.3 Å². The number of nitrogens with zero attached hydrogens (tertiary/aromatic N) is 2. The number of aromatic nitrogens is 4. The van der Waals surface area contributed by atoms with Gasteiger partial charge in [0.2, 0.25) is 0 Å². The number of benzene rings is 1. The molecule has 0 fully saturated rings. The number of carbonyl (C=O) groups is 4. The number of halogens is 2. The number of rotatable bonds is 10. The molecule has 0 bridgehead atoms. The average Bonchev–Trinajstić information content (AvgIpc) is 3.61. The van der Waals surface area contributed by atoms with E-state index in [-0.39, 0.29) is 24.0 Å². The molecule has 198 valence electrons. The Kier molecular flexibility index (Phi) is 10.2. The van der Waals surface area contributed by atoms with Crippen molar-refractivity contribution in [1.82, 2.24) is 30.6 Å². The standard InChI is InChI=1S/C24H22I2N6O6/c1-4-14-19(25)15(21(33)31-17(23(35)37-2)5-12-8-27-10-29-12)7-16(20(14)26)22(34)32-18(24(36)38-3)6-13-9-28-11-30-13/h1,7-11,17-18H,5-6H2,2-3H3,(H,27,29)(H,28,30)(H,31,33)(H,32,34)/t17-,18+. The third-order valence-corrected chi connectivity index (χ3v) is 7.61. The first-order valence-electron chi connectivity index (χ1n) is 10.9. The van der Waals surface area contributed by atoms with Gasteiger partial charge in [0.25, 0.3) is 11.8 Å². The van der Waals surface area contributed by atoms with Gasteiger partial charge < -0.3 is 30.1 Å². The molecule has 0 aliphatic rings. The molecular weight excluding hydrogens is 722 g/mol. The van der Waals surface area contributed by atoms with E-state index in [1.807, 2.05) is 45.2 Å². The first-order chi connectivity index (χ1) is 18.2. The Morgan fingerprint density at radius 1 is 0.895 bits per heavy atom. The van der Waals surface area contributed by atoms with Gasteiger partial charge in [-0.3, -0.25) is 9.59 Å². The number of aromatic amines is 2. The van der Waals surface area contributed by atoms with Crippen LogP contribution < -0.4 is 10.6 Å². The van der Waals surface area contributed by atoms with Gasteiger partial charge >= 0.3 is 11.9 Å². The minimum absolute atomic E-state index is 0.0748. The molecule has 12 nitrogen and oxygen atoms in total. The van der Waals surface area contributed by atoms with E-state index in [0.717, 1.165) is 0 Å². The Labute approximate surface area is 244 Å². The third kappa shape index (κ3) is 6.89. The molecule has 2 atom stereocenters. The maximum Gasteiger partial charge on any atom is 0.328 e. The summed E-state index contributed by atoms with van der Waals surface area (Å²) >= 11 is 3.83. The van der Waals surface area contributed by atoms with Crippen molar-refractivity contribution < 1.29 is 28.7 Å². The van der Waals surface area contributed by atoms with Gasteiger partial charge in [-0.15, -0.1) is 6.42 Å². The second-order valence-corrected chi connectivity index (χ2v) is 9.94.